The molecule has 0 aliphatic heterocycles. The first-order valence-electron chi connectivity index (χ1n) is 5.80. The van der Waals surface area contributed by atoms with E-state index in [1.165, 1.54) is 0 Å². The molecule has 1 heterocycles. The Morgan fingerprint density at radius 1 is 1.24 bits per heavy atom. The number of benzene rings is 1. The number of pyridine rings is 1. The molecule has 0 amide bonds. The van der Waals surface area contributed by atoms with Crippen molar-refractivity contribution in [3.8, 4) is 0 Å². The minimum Gasteiger partial charge on any atom is -0.481 e. The maximum Gasteiger partial charge on any atom is 0.314 e. The Hall–Kier alpha value is -1.90. The van der Waals surface area contributed by atoms with Crippen molar-refractivity contribution in [2.75, 3.05) is 0 Å². The molecule has 2 aromatic rings. The molecule has 0 spiro atoms. The number of aromatic nitrogens is 1. The number of aliphatic carboxylic acids is 1. The molecule has 1 aliphatic rings. The van der Waals surface area contributed by atoms with Gasteiger partial charge in [-0.05, 0) is 35.9 Å². The Balaban J connectivity index is 2.14. The van der Waals surface area contributed by atoms with Gasteiger partial charge in [0.2, 0.25) is 0 Å². The minimum absolute atomic E-state index is 0.641. The molecule has 1 aromatic carbocycles. The van der Waals surface area contributed by atoms with E-state index in [2.05, 4.69) is 4.98 Å². The fraction of sp³-hybridized carbons (Fsp3) is 0.286. The fourth-order valence-electron chi connectivity index (χ4n) is 2.54. The van der Waals surface area contributed by atoms with Crippen LogP contribution in [0.5, 0.6) is 0 Å². The van der Waals surface area contributed by atoms with Gasteiger partial charge in [0, 0.05) is 17.8 Å². The second-order valence-electron chi connectivity index (χ2n) is 4.68. The molecular formula is C14H13NO2. The first-order valence-corrected chi connectivity index (χ1v) is 5.80. The van der Waals surface area contributed by atoms with Crippen molar-refractivity contribution in [3.05, 3.63) is 42.2 Å². The summed E-state index contributed by atoms with van der Waals surface area (Å²) < 4.78 is 0. The van der Waals surface area contributed by atoms with Crippen molar-refractivity contribution in [2.45, 2.75) is 24.7 Å². The lowest BCUT2D eigenvalue weighted by molar-refractivity contribution is -0.147. The first-order chi connectivity index (χ1) is 8.22. The van der Waals surface area contributed by atoms with Crippen LogP contribution in [0.3, 0.4) is 0 Å². The van der Waals surface area contributed by atoms with Crippen molar-refractivity contribution < 1.29 is 9.90 Å². The van der Waals surface area contributed by atoms with E-state index in [1.807, 2.05) is 24.3 Å². The van der Waals surface area contributed by atoms with Gasteiger partial charge in [0.15, 0.2) is 0 Å². The van der Waals surface area contributed by atoms with Crippen molar-refractivity contribution in [1.82, 2.24) is 4.98 Å². The monoisotopic (exact) mass is 227 g/mol. The molecule has 1 aliphatic carbocycles. The van der Waals surface area contributed by atoms with E-state index in [0.717, 1.165) is 35.6 Å². The zero-order valence-corrected chi connectivity index (χ0v) is 9.39. The number of carboxylic acid groups (broad SMARTS) is 1. The van der Waals surface area contributed by atoms with Gasteiger partial charge in [-0.2, -0.15) is 0 Å². The lowest BCUT2D eigenvalue weighted by Gasteiger charge is -2.38. The number of hydrogen-bond acceptors (Lipinski definition) is 2. The topological polar surface area (TPSA) is 50.2 Å². The summed E-state index contributed by atoms with van der Waals surface area (Å²) in [5, 5.41) is 11.5. The molecule has 0 bridgehead atoms. The number of hydrogen-bond donors (Lipinski definition) is 1. The van der Waals surface area contributed by atoms with Crippen molar-refractivity contribution in [2.24, 2.45) is 0 Å². The lowest BCUT2D eigenvalue weighted by atomic mass is 9.64. The Kier molecular flexibility index (Phi) is 2.15. The molecule has 3 nitrogen and oxygen atoms in total. The molecule has 0 saturated heterocycles. The Bertz CT molecular complexity index is 588. The maximum atomic E-state index is 11.4. The Labute approximate surface area is 99.1 Å². The predicted octanol–water partition coefficient (Wildman–Crippen LogP) is 2.74. The van der Waals surface area contributed by atoms with Crippen molar-refractivity contribution in [1.29, 1.82) is 0 Å². The second-order valence-corrected chi connectivity index (χ2v) is 4.68. The zero-order valence-electron chi connectivity index (χ0n) is 9.39. The molecule has 17 heavy (non-hydrogen) atoms. The Morgan fingerprint density at radius 3 is 2.71 bits per heavy atom. The third-order valence-corrected chi connectivity index (χ3v) is 3.81. The van der Waals surface area contributed by atoms with Crippen LogP contribution in [0.2, 0.25) is 0 Å². The Morgan fingerprint density at radius 2 is 2.06 bits per heavy atom. The van der Waals surface area contributed by atoms with Crippen LogP contribution in [-0.4, -0.2) is 16.1 Å². The highest BCUT2D eigenvalue weighted by molar-refractivity contribution is 5.87. The summed E-state index contributed by atoms with van der Waals surface area (Å²) in [6.45, 7) is 0. The van der Waals surface area contributed by atoms with E-state index in [0.29, 0.717) is 0 Å². The molecule has 0 unspecified atom stereocenters. The molecule has 1 N–H and O–H groups in total. The standard InChI is InChI=1S/C14H13NO2/c16-13(17)14(5-1-6-14)12-3-2-11-9-15-7-4-10(11)8-12/h2-4,7-9H,1,5-6H2,(H,16,17). The minimum atomic E-state index is -0.697. The normalized spacial score (nSPS) is 17.6. The average molecular weight is 227 g/mol. The van der Waals surface area contributed by atoms with Crippen LogP contribution in [0.1, 0.15) is 24.8 Å². The molecule has 0 radical (unpaired) electrons. The van der Waals surface area contributed by atoms with Crippen LogP contribution >= 0.6 is 0 Å². The number of carbonyl (C=O) groups is 1. The number of rotatable bonds is 2. The van der Waals surface area contributed by atoms with E-state index in [1.54, 1.807) is 12.4 Å². The summed E-state index contributed by atoms with van der Waals surface area (Å²) in [5.41, 5.74) is 0.284. The maximum absolute atomic E-state index is 11.4. The van der Waals surface area contributed by atoms with E-state index in [-0.39, 0.29) is 0 Å². The third-order valence-electron chi connectivity index (χ3n) is 3.81. The number of carboxylic acids is 1. The largest absolute Gasteiger partial charge is 0.481 e. The van der Waals surface area contributed by atoms with Crippen LogP contribution in [0.15, 0.2) is 36.7 Å². The summed E-state index contributed by atoms with van der Waals surface area (Å²) in [4.78, 5) is 15.5. The smallest absolute Gasteiger partial charge is 0.314 e. The summed E-state index contributed by atoms with van der Waals surface area (Å²) in [6.07, 6.45) is 6.03. The van der Waals surface area contributed by atoms with Gasteiger partial charge in [-0.15, -0.1) is 0 Å². The van der Waals surface area contributed by atoms with Gasteiger partial charge in [-0.25, -0.2) is 0 Å². The molecule has 86 valence electrons. The van der Waals surface area contributed by atoms with Gasteiger partial charge in [0.25, 0.3) is 0 Å². The third kappa shape index (κ3) is 1.42. The number of nitrogens with zero attached hydrogens (tertiary/aromatic N) is 1. The number of fused-ring (bicyclic) bond motifs is 1. The van der Waals surface area contributed by atoms with Crippen LogP contribution in [0, 0.1) is 0 Å². The highest BCUT2D eigenvalue weighted by atomic mass is 16.4. The molecule has 3 heteroatoms. The van der Waals surface area contributed by atoms with Gasteiger partial charge in [0.1, 0.15) is 0 Å². The molecule has 3 rings (SSSR count). The quantitative estimate of drug-likeness (QED) is 0.858. The molecule has 1 aromatic heterocycles. The first kappa shape index (κ1) is 10.3. The van der Waals surface area contributed by atoms with Crippen molar-refractivity contribution in [3.63, 3.8) is 0 Å². The van der Waals surface area contributed by atoms with Crippen molar-refractivity contribution >= 4 is 16.7 Å². The van der Waals surface area contributed by atoms with Gasteiger partial charge >= 0.3 is 5.97 Å². The fourth-order valence-corrected chi connectivity index (χ4v) is 2.54. The summed E-state index contributed by atoms with van der Waals surface area (Å²) in [7, 11) is 0. The van der Waals surface area contributed by atoms with Crippen LogP contribution in [0.4, 0.5) is 0 Å². The van der Waals surface area contributed by atoms with Gasteiger partial charge in [-0.1, -0.05) is 18.6 Å². The van der Waals surface area contributed by atoms with E-state index < -0.39 is 11.4 Å². The summed E-state index contributed by atoms with van der Waals surface area (Å²) in [5.74, 6) is -0.697. The molecule has 1 fully saturated rings. The van der Waals surface area contributed by atoms with Gasteiger partial charge in [-0.3, -0.25) is 9.78 Å². The van der Waals surface area contributed by atoms with Gasteiger partial charge in [0.05, 0.1) is 5.41 Å². The van der Waals surface area contributed by atoms with Crippen LogP contribution in [0.25, 0.3) is 10.8 Å². The zero-order chi connectivity index (χ0) is 11.9. The lowest BCUT2D eigenvalue weighted by Crippen LogP contribution is -2.42. The van der Waals surface area contributed by atoms with Crippen LogP contribution in [-0.2, 0) is 10.2 Å². The van der Waals surface area contributed by atoms with E-state index in [4.69, 9.17) is 0 Å². The summed E-state index contributed by atoms with van der Waals surface area (Å²) in [6, 6.07) is 7.80. The van der Waals surface area contributed by atoms with E-state index >= 15 is 0 Å². The SMILES string of the molecule is O=C(O)C1(c2ccc3cnccc3c2)CCC1. The molecule has 0 atom stereocenters. The highest BCUT2D eigenvalue weighted by Crippen LogP contribution is 2.44. The highest BCUT2D eigenvalue weighted by Gasteiger charge is 2.45. The second kappa shape index (κ2) is 3.55. The van der Waals surface area contributed by atoms with E-state index in [9.17, 15) is 9.90 Å². The van der Waals surface area contributed by atoms with Crippen LogP contribution < -0.4 is 0 Å². The van der Waals surface area contributed by atoms with Gasteiger partial charge < -0.3 is 5.11 Å². The molecule has 1 saturated carbocycles. The summed E-state index contributed by atoms with van der Waals surface area (Å²) >= 11 is 0. The predicted molar refractivity (Wildman–Crippen MR) is 64.9 cm³/mol. The average Bonchev–Trinajstić information content (AvgIpc) is 2.27. The molecular weight excluding hydrogens is 214 g/mol.